The van der Waals surface area contributed by atoms with Gasteiger partial charge >= 0.3 is 0 Å². The van der Waals surface area contributed by atoms with Crippen LogP contribution in [0, 0.1) is 0 Å². The first-order valence-corrected chi connectivity index (χ1v) is 5.70. The predicted octanol–water partition coefficient (Wildman–Crippen LogP) is 2.81. The Kier molecular flexibility index (Phi) is 3.31. The zero-order chi connectivity index (χ0) is 11.4. The third-order valence-electron chi connectivity index (χ3n) is 2.10. The van der Waals surface area contributed by atoms with Gasteiger partial charge in [0.05, 0.1) is 5.69 Å². The Morgan fingerprint density at radius 2 is 1.94 bits per heavy atom. The number of rotatable bonds is 3. The molecule has 1 heterocycles. The molecule has 1 aromatic carbocycles. The predicted molar refractivity (Wildman–Crippen MR) is 69.4 cm³/mol. The van der Waals surface area contributed by atoms with E-state index in [4.69, 9.17) is 5.73 Å². The standard InChI is InChI=1S/C12H13N3S/c1-15(11-5-3-2-4-6-11)16-12-7-10(13)8-14-9-12/h2-9H,13H2,1H3. The lowest BCUT2D eigenvalue weighted by Crippen LogP contribution is -2.05. The van der Waals surface area contributed by atoms with Crippen LogP contribution in [-0.2, 0) is 0 Å². The van der Waals surface area contributed by atoms with Gasteiger partial charge in [0.2, 0.25) is 0 Å². The van der Waals surface area contributed by atoms with Gasteiger partial charge in [-0.2, -0.15) is 0 Å². The molecule has 0 aliphatic heterocycles. The highest BCUT2D eigenvalue weighted by Gasteiger charge is 2.02. The summed E-state index contributed by atoms with van der Waals surface area (Å²) < 4.78 is 2.08. The molecule has 0 saturated carbocycles. The van der Waals surface area contributed by atoms with Gasteiger partial charge in [0.25, 0.3) is 0 Å². The van der Waals surface area contributed by atoms with Crippen molar-refractivity contribution in [1.29, 1.82) is 0 Å². The molecular weight excluding hydrogens is 218 g/mol. The largest absolute Gasteiger partial charge is 0.397 e. The van der Waals surface area contributed by atoms with Gasteiger partial charge in [0.15, 0.2) is 0 Å². The molecule has 0 amide bonds. The fourth-order valence-corrected chi connectivity index (χ4v) is 2.17. The van der Waals surface area contributed by atoms with Crippen molar-refractivity contribution in [3.63, 3.8) is 0 Å². The van der Waals surface area contributed by atoms with Crippen molar-refractivity contribution in [1.82, 2.24) is 4.98 Å². The molecule has 0 aliphatic carbocycles. The van der Waals surface area contributed by atoms with Crippen LogP contribution in [0.5, 0.6) is 0 Å². The third kappa shape index (κ3) is 2.67. The Morgan fingerprint density at radius 3 is 2.62 bits per heavy atom. The Hall–Kier alpha value is -1.68. The molecule has 3 nitrogen and oxygen atoms in total. The summed E-state index contributed by atoms with van der Waals surface area (Å²) in [6.07, 6.45) is 3.45. The van der Waals surface area contributed by atoms with E-state index >= 15 is 0 Å². The van der Waals surface area contributed by atoms with Crippen LogP contribution in [0.15, 0.2) is 53.7 Å². The van der Waals surface area contributed by atoms with Crippen molar-refractivity contribution in [2.24, 2.45) is 0 Å². The number of anilines is 2. The summed E-state index contributed by atoms with van der Waals surface area (Å²) in [6.45, 7) is 0. The monoisotopic (exact) mass is 231 g/mol. The van der Waals surface area contributed by atoms with Crippen molar-refractivity contribution in [2.75, 3.05) is 17.1 Å². The van der Waals surface area contributed by atoms with Crippen LogP contribution >= 0.6 is 11.9 Å². The number of nitrogens with two attached hydrogens (primary N) is 1. The fraction of sp³-hybridized carbons (Fsp3) is 0.0833. The van der Waals surface area contributed by atoms with E-state index < -0.39 is 0 Å². The summed E-state index contributed by atoms with van der Waals surface area (Å²) in [6, 6.07) is 12.1. The van der Waals surface area contributed by atoms with E-state index in [0.29, 0.717) is 5.69 Å². The molecule has 2 N–H and O–H groups in total. The molecular formula is C12H13N3S. The van der Waals surface area contributed by atoms with Crippen molar-refractivity contribution in [2.45, 2.75) is 4.90 Å². The highest BCUT2D eigenvalue weighted by atomic mass is 32.2. The summed E-state index contributed by atoms with van der Waals surface area (Å²) in [5, 5.41) is 0. The molecule has 16 heavy (non-hydrogen) atoms. The lowest BCUT2D eigenvalue weighted by Gasteiger charge is -2.17. The number of benzene rings is 1. The Bertz CT molecular complexity index is 459. The van der Waals surface area contributed by atoms with Gasteiger partial charge in [-0.25, -0.2) is 0 Å². The Labute approximate surface area is 99.4 Å². The normalized spacial score (nSPS) is 10.1. The van der Waals surface area contributed by atoms with E-state index in [1.165, 1.54) is 0 Å². The molecule has 2 rings (SSSR count). The van der Waals surface area contributed by atoms with Gasteiger partial charge in [-0.15, -0.1) is 0 Å². The van der Waals surface area contributed by atoms with Crippen LogP contribution in [0.2, 0.25) is 0 Å². The number of pyridine rings is 1. The van der Waals surface area contributed by atoms with Gasteiger partial charge in [-0.3, -0.25) is 4.98 Å². The van der Waals surface area contributed by atoms with Crippen molar-refractivity contribution >= 4 is 23.3 Å². The van der Waals surface area contributed by atoms with Crippen LogP contribution in [0.3, 0.4) is 0 Å². The van der Waals surface area contributed by atoms with Gasteiger partial charge in [0, 0.05) is 30.0 Å². The summed E-state index contributed by atoms with van der Waals surface area (Å²) >= 11 is 1.60. The second kappa shape index (κ2) is 4.90. The second-order valence-corrected chi connectivity index (χ2v) is 4.58. The zero-order valence-electron chi connectivity index (χ0n) is 9.00. The van der Waals surface area contributed by atoms with E-state index in [1.807, 2.05) is 31.3 Å². The molecule has 0 spiro atoms. The van der Waals surface area contributed by atoms with Crippen LogP contribution in [0.4, 0.5) is 11.4 Å². The minimum atomic E-state index is 0.687. The molecule has 0 unspecified atom stereocenters. The molecule has 2 aromatic rings. The van der Waals surface area contributed by atoms with E-state index in [9.17, 15) is 0 Å². The average Bonchev–Trinajstić information content (AvgIpc) is 2.30. The topological polar surface area (TPSA) is 42.2 Å². The molecule has 82 valence electrons. The van der Waals surface area contributed by atoms with E-state index in [0.717, 1.165) is 10.6 Å². The van der Waals surface area contributed by atoms with Crippen LogP contribution in [0.1, 0.15) is 0 Å². The van der Waals surface area contributed by atoms with Gasteiger partial charge in [0.1, 0.15) is 0 Å². The molecule has 0 bridgehead atoms. The highest BCUT2D eigenvalue weighted by molar-refractivity contribution is 8.00. The summed E-state index contributed by atoms with van der Waals surface area (Å²) in [7, 11) is 2.02. The maximum Gasteiger partial charge on any atom is 0.0512 e. The SMILES string of the molecule is CN(Sc1cncc(N)c1)c1ccccc1. The first-order chi connectivity index (χ1) is 7.75. The van der Waals surface area contributed by atoms with Crippen LogP contribution < -0.4 is 10.0 Å². The van der Waals surface area contributed by atoms with Crippen molar-refractivity contribution in [3.05, 3.63) is 48.8 Å². The van der Waals surface area contributed by atoms with Crippen LogP contribution in [-0.4, -0.2) is 12.0 Å². The molecule has 0 aliphatic rings. The molecule has 0 saturated heterocycles. The van der Waals surface area contributed by atoms with Gasteiger partial charge < -0.3 is 10.0 Å². The smallest absolute Gasteiger partial charge is 0.0512 e. The summed E-state index contributed by atoms with van der Waals surface area (Å²) in [5.74, 6) is 0. The lowest BCUT2D eigenvalue weighted by molar-refractivity contribution is 1.23. The van der Waals surface area contributed by atoms with Crippen molar-refractivity contribution < 1.29 is 0 Å². The number of hydrogen-bond acceptors (Lipinski definition) is 4. The Morgan fingerprint density at radius 1 is 1.19 bits per heavy atom. The highest BCUT2D eigenvalue weighted by Crippen LogP contribution is 2.27. The van der Waals surface area contributed by atoms with E-state index in [-0.39, 0.29) is 0 Å². The maximum atomic E-state index is 5.68. The quantitative estimate of drug-likeness (QED) is 0.825. The maximum absolute atomic E-state index is 5.68. The number of aromatic nitrogens is 1. The van der Waals surface area contributed by atoms with Crippen molar-refractivity contribution in [3.8, 4) is 0 Å². The third-order valence-corrected chi connectivity index (χ3v) is 3.02. The Balaban J connectivity index is 2.11. The fourth-order valence-electron chi connectivity index (χ4n) is 1.33. The first-order valence-electron chi connectivity index (χ1n) is 4.93. The first kappa shape index (κ1) is 10.8. The lowest BCUT2D eigenvalue weighted by atomic mass is 10.3. The summed E-state index contributed by atoms with van der Waals surface area (Å²) in [4.78, 5) is 5.09. The number of nitrogen functional groups attached to an aromatic ring is 1. The second-order valence-electron chi connectivity index (χ2n) is 3.38. The molecule has 1 aromatic heterocycles. The average molecular weight is 231 g/mol. The minimum absolute atomic E-state index is 0.687. The number of para-hydroxylation sites is 1. The molecule has 0 radical (unpaired) electrons. The van der Waals surface area contributed by atoms with Gasteiger partial charge in [-0.1, -0.05) is 18.2 Å². The molecule has 0 atom stereocenters. The molecule has 4 heteroatoms. The minimum Gasteiger partial charge on any atom is -0.397 e. The number of hydrogen-bond donors (Lipinski definition) is 1. The number of nitrogens with zero attached hydrogens (tertiary/aromatic N) is 2. The van der Waals surface area contributed by atoms with E-state index in [2.05, 4.69) is 21.4 Å². The van der Waals surface area contributed by atoms with Crippen LogP contribution in [0.25, 0.3) is 0 Å². The van der Waals surface area contributed by atoms with E-state index in [1.54, 1.807) is 24.3 Å². The van der Waals surface area contributed by atoms with Gasteiger partial charge in [-0.05, 0) is 30.1 Å². The zero-order valence-corrected chi connectivity index (χ0v) is 9.82. The molecule has 0 fully saturated rings. The summed E-state index contributed by atoms with van der Waals surface area (Å²) in [5.41, 5.74) is 7.51.